The summed E-state index contributed by atoms with van der Waals surface area (Å²) in [5, 5.41) is 14.8. The first-order valence-corrected chi connectivity index (χ1v) is 11.0. The summed E-state index contributed by atoms with van der Waals surface area (Å²) in [6.45, 7) is 6.26. The van der Waals surface area contributed by atoms with E-state index in [2.05, 4.69) is 30.6 Å². The molecule has 11 nitrogen and oxygen atoms in total. The van der Waals surface area contributed by atoms with Gasteiger partial charge in [0.2, 0.25) is 5.95 Å². The fourth-order valence-corrected chi connectivity index (χ4v) is 3.33. The second-order valence-electron chi connectivity index (χ2n) is 8.47. The van der Waals surface area contributed by atoms with E-state index >= 15 is 0 Å². The van der Waals surface area contributed by atoms with E-state index in [4.69, 9.17) is 10.8 Å². The second-order valence-corrected chi connectivity index (χ2v) is 8.47. The summed E-state index contributed by atoms with van der Waals surface area (Å²) in [4.78, 5) is 42.6. The Bertz CT molecular complexity index is 1170. The molecule has 0 saturated carbocycles. The largest absolute Gasteiger partial charge is 0.481 e. The molecule has 0 aliphatic rings. The Labute approximate surface area is 197 Å². The zero-order valence-electron chi connectivity index (χ0n) is 19.7. The Balaban J connectivity index is 1.69. The zero-order chi connectivity index (χ0) is 24.8. The highest BCUT2D eigenvalue weighted by Gasteiger charge is 2.14. The number of rotatable bonds is 10. The molecule has 2 aromatic heterocycles. The number of nitrogens with zero attached hydrogens (tertiary/aromatic N) is 5. The molecule has 2 heterocycles. The van der Waals surface area contributed by atoms with Crippen molar-refractivity contribution in [2.24, 2.45) is 0 Å². The van der Waals surface area contributed by atoms with E-state index in [1.165, 1.54) is 0 Å². The molecular formula is C23H30N8O3. The van der Waals surface area contributed by atoms with Crippen molar-refractivity contribution in [1.82, 2.24) is 25.3 Å². The molecular weight excluding hydrogens is 436 g/mol. The smallest absolute Gasteiger partial charge is 0.303 e. The van der Waals surface area contributed by atoms with Gasteiger partial charge < -0.3 is 26.4 Å². The number of nitrogens with one attached hydrogen (secondary N) is 2. The van der Waals surface area contributed by atoms with Gasteiger partial charge in [-0.15, -0.1) is 0 Å². The summed E-state index contributed by atoms with van der Waals surface area (Å²) in [6, 6.07) is 7.08. The minimum absolute atomic E-state index is 0.0113. The normalized spacial score (nSPS) is 11.9. The summed E-state index contributed by atoms with van der Waals surface area (Å²) in [6.07, 6.45) is 2.04. The van der Waals surface area contributed by atoms with Gasteiger partial charge in [-0.1, -0.05) is 0 Å². The third kappa shape index (κ3) is 6.50. The van der Waals surface area contributed by atoms with Crippen LogP contribution in [0.1, 0.15) is 49.7 Å². The van der Waals surface area contributed by atoms with E-state index in [0.717, 1.165) is 11.4 Å². The number of fused-ring (bicyclic) bond motifs is 1. The quantitative estimate of drug-likeness (QED) is 0.349. The van der Waals surface area contributed by atoms with Crippen LogP contribution in [-0.2, 0) is 11.3 Å². The van der Waals surface area contributed by atoms with E-state index < -0.39 is 5.97 Å². The minimum Gasteiger partial charge on any atom is -0.481 e. The van der Waals surface area contributed by atoms with Gasteiger partial charge in [0.05, 0.1) is 18.4 Å². The molecule has 0 aliphatic carbocycles. The van der Waals surface area contributed by atoms with Crippen LogP contribution in [0.4, 0.5) is 17.5 Å². The first-order chi connectivity index (χ1) is 16.1. The lowest BCUT2D eigenvalue weighted by molar-refractivity contribution is -0.137. The third-order valence-corrected chi connectivity index (χ3v) is 5.04. The number of amides is 1. The second kappa shape index (κ2) is 10.7. The Kier molecular flexibility index (Phi) is 7.77. The number of hydrogen-bond acceptors (Lipinski definition) is 9. The first-order valence-electron chi connectivity index (χ1n) is 11.0. The zero-order valence-corrected chi connectivity index (χ0v) is 19.7. The molecule has 1 aromatic carbocycles. The lowest BCUT2D eigenvalue weighted by Gasteiger charge is -2.20. The molecule has 0 aliphatic heterocycles. The van der Waals surface area contributed by atoms with Gasteiger partial charge in [-0.05, 0) is 51.5 Å². The van der Waals surface area contributed by atoms with E-state index in [-0.39, 0.29) is 30.4 Å². The monoisotopic (exact) mass is 466 g/mol. The highest BCUT2D eigenvalue weighted by molar-refractivity contribution is 5.94. The number of hydrogen-bond donors (Lipinski definition) is 4. The van der Waals surface area contributed by atoms with Crippen LogP contribution in [-0.4, -0.2) is 56.1 Å². The molecule has 5 N–H and O–H groups in total. The predicted molar refractivity (Wildman–Crippen MR) is 131 cm³/mol. The average Bonchev–Trinajstić information content (AvgIpc) is 2.77. The third-order valence-electron chi connectivity index (χ3n) is 5.04. The summed E-state index contributed by atoms with van der Waals surface area (Å²) in [5.74, 6) is -0.441. The number of nitrogen functional groups attached to an aromatic ring is 1. The van der Waals surface area contributed by atoms with Crippen molar-refractivity contribution in [3.63, 3.8) is 0 Å². The van der Waals surface area contributed by atoms with Gasteiger partial charge in [-0.25, -0.2) is 9.97 Å². The first kappa shape index (κ1) is 24.6. The molecule has 0 unspecified atom stereocenters. The predicted octanol–water partition coefficient (Wildman–Crippen LogP) is 2.44. The lowest BCUT2D eigenvalue weighted by atomic mass is 10.1. The standard InChI is InChI=1S/C23H30N8O3/c1-13(2)26-21-19-20(29-23(24)30-21)25-11-16(28-19)12-31(4)17-8-6-15(7-9-17)22(34)27-14(3)5-10-18(32)33/h6-9,11,13-14H,5,10,12H2,1-4H3,(H,27,34)(H,32,33)(H3,24,25,26,29,30)/t14-/m1/s1. The molecule has 3 rings (SSSR count). The number of nitrogens with two attached hydrogens (primary N) is 1. The molecule has 1 atom stereocenters. The van der Waals surface area contributed by atoms with Crippen LogP contribution in [0.5, 0.6) is 0 Å². The Hall–Kier alpha value is -4.02. The number of carbonyl (C=O) groups excluding carboxylic acids is 1. The Morgan fingerprint density at radius 3 is 2.47 bits per heavy atom. The van der Waals surface area contributed by atoms with Crippen molar-refractivity contribution < 1.29 is 14.7 Å². The fraction of sp³-hybridized carbons (Fsp3) is 0.391. The van der Waals surface area contributed by atoms with Crippen molar-refractivity contribution in [3.05, 3.63) is 41.7 Å². The van der Waals surface area contributed by atoms with Crippen LogP contribution in [0.3, 0.4) is 0 Å². The summed E-state index contributed by atoms with van der Waals surface area (Å²) < 4.78 is 0. The number of aromatic nitrogens is 4. The maximum absolute atomic E-state index is 12.4. The van der Waals surface area contributed by atoms with Gasteiger partial charge in [0.1, 0.15) is 0 Å². The van der Waals surface area contributed by atoms with Gasteiger partial charge in [0.15, 0.2) is 17.0 Å². The Morgan fingerprint density at radius 1 is 1.12 bits per heavy atom. The van der Waals surface area contributed by atoms with Gasteiger partial charge in [-0.3, -0.25) is 9.59 Å². The SMILES string of the molecule is CC(C)Nc1nc(N)nc2ncc(CN(C)c3ccc(C(=O)N[C@H](C)CCC(=O)O)cc3)nc12. The summed E-state index contributed by atoms with van der Waals surface area (Å²) in [5.41, 5.74) is 8.90. The van der Waals surface area contributed by atoms with Crippen LogP contribution < -0.4 is 21.3 Å². The molecule has 34 heavy (non-hydrogen) atoms. The number of carboxylic acid groups (broad SMARTS) is 1. The summed E-state index contributed by atoms with van der Waals surface area (Å²) in [7, 11) is 1.92. The van der Waals surface area contributed by atoms with Crippen LogP contribution in [0.25, 0.3) is 11.2 Å². The van der Waals surface area contributed by atoms with E-state index in [1.807, 2.05) is 37.9 Å². The molecule has 3 aromatic rings. The molecule has 1 amide bonds. The molecule has 11 heteroatoms. The molecule has 0 fully saturated rings. The summed E-state index contributed by atoms with van der Waals surface area (Å²) >= 11 is 0. The van der Waals surface area contributed by atoms with Gasteiger partial charge in [0.25, 0.3) is 5.91 Å². The van der Waals surface area contributed by atoms with E-state index in [0.29, 0.717) is 35.5 Å². The number of carboxylic acids is 1. The van der Waals surface area contributed by atoms with Crippen molar-refractivity contribution in [3.8, 4) is 0 Å². The number of aliphatic carboxylic acids is 1. The van der Waals surface area contributed by atoms with Crippen molar-refractivity contribution in [2.45, 2.75) is 52.2 Å². The highest BCUT2D eigenvalue weighted by Crippen LogP contribution is 2.21. The van der Waals surface area contributed by atoms with Crippen LogP contribution >= 0.6 is 0 Å². The minimum atomic E-state index is -0.881. The average molecular weight is 467 g/mol. The topological polar surface area (TPSA) is 159 Å². The molecule has 0 radical (unpaired) electrons. The van der Waals surface area contributed by atoms with Gasteiger partial charge >= 0.3 is 5.97 Å². The van der Waals surface area contributed by atoms with E-state index in [1.54, 1.807) is 25.3 Å². The fourth-order valence-electron chi connectivity index (χ4n) is 3.33. The molecule has 180 valence electrons. The number of benzene rings is 1. The van der Waals surface area contributed by atoms with Crippen molar-refractivity contribution in [2.75, 3.05) is 23.0 Å². The highest BCUT2D eigenvalue weighted by atomic mass is 16.4. The van der Waals surface area contributed by atoms with Crippen LogP contribution in [0, 0.1) is 0 Å². The lowest BCUT2D eigenvalue weighted by Crippen LogP contribution is -2.32. The van der Waals surface area contributed by atoms with Gasteiger partial charge in [-0.2, -0.15) is 9.97 Å². The van der Waals surface area contributed by atoms with Gasteiger partial charge in [0, 0.05) is 36.8 Å². The van der Waals surface area contributed by atoms with E-state index in [9.17, 15) is 9.59 Å². The molecule has 0 bridgehead atoms. The molecule has 0 saturated heterocycles. The maximum Gasteiger partial charge on any atom is 0.303 e. The number of carbonyl (C=O) groups is 2. The van der Waals surface area contributed by atoms with Crippen molar-refractivity contribution in [1.29, 1.82) is 0 Å². The Morgan fingerprint density at radius 2 is 1.82 bits per heavy atom. The van der Waals surface area contributed by atoms with Crippen LogP contribution in [0.2, 0.25) is 0 Å². The van der Waals surface area contributed by atoms with Crippen molar-refractivity contribution >= 4 is 40.5 Å². The molecule has 0 spiro atoms. The van der Waals surface area contributed by atoms with Crippen LogP contribution in [0.15, 0.2) is 30.5 Å². The number of anilines is 3. The maximum atomic E-state index is 12.4.